The van der Waals surface area contributed by atoms with Gasteiger partial charge in [-0.3, -0.25) is 0 Å². The maximum atomic E-state index is 5.51. The lowest BCUT2D eigenvalue weighted by atomic mass is 10.3. The number of hydrogen-bond acceptors (Lipinski definition) is 5. The van der Waals surface area contributed by atoms with Crippen molar-refractivity contribution >= 4 is 9.76 Å². The van der Waals surface area contributed by atoms with Crippen molar-refractivity contribution in [2.45, 2.75) is 45.6 Å². The zero-order valence-electron chi connectivity index (χ0n) is 14.4. The Kier molecular flexibility index (Phi) is 21.0. The maximum Gasteiger partial charge on any atom is 0.229 e. The summed E-state index contributed by atoms with van der Waals surface area (Å²) in [4.78, 5) is 0. The Labute approximate surface area is 138 Å². The van der Waals surface area contributed by atoms with Gasteiger partial charge in [0, 0.05) is 6.61 Å². The Morgan fingerprint density at radius 1 is 0.545 bits per heavy atom. The quantitative estimate of drug-likeness (QED) is 0.268. The highest BCUT2D eigenvalue weighted by atomic mass is 28.2. The predicted molar refractivity (Wildman–Crippen MR) is 89.6 cm³/mol. The summed E-state index contributed by atoms with van der Waals surface area (Å²) in [5.41, 5.74) is 0. The van der Waals surface area contributed by atoms with E-state index < -0.39 is 0 Å². The van der Waals surface area contributed by atoms with Crippen LogP contribution in [0.5, 0.6) is 0 Å². The highest BCUT2D eigenvalue weighted by Gasteiger charge is 1.94. The molecule has 0 saturated heterocycles. The van der Waals surface area contributed by atoms with E-state index in [9.17, 15) is 0 Å². The van der Waals surface area contributed by atoms with Crippen LogP contribution in [0, 0.1) is 0 Å². The standard InChI is InChI=1S/C16H34O5Si/c1-3-5-6-16-22-21-15-14-20-13-12-19-11-10-18-9-8-17-7-4-2/h3-16H2,1-2H3. The zero-order valence-corrected chi connectivity index (χ0v) is 15.4. The van der Waals surface area contributed by atoms with E-state index >= 15 is 0 Å². The molecule has 0 heterocycles. The van der Waals surface area contributed by atoms with Crippen molar-refractivity contribution in [2.75, 3.05) is 59.5 Å². The molecule has 0 amide bonds. The summed E-state index contributed by atoms with van der Waals surface area (Å²) in [5, 5.41) is 0. The minimum absolute atomic E-state index is 0.604. The lowest BCUT2D eigenvalue weighted by Crippen LogP contribution is -2.13. The molecule has 0 N–H and O–H groups in total. The fraction of sp³-hybridized carbons (Fsp3) is 1.00. The number of rotatable bonds is 19. The molecule has 0 aliphatic heterocycles. The third-order valence-corrected chi connectivity index (χ3v) is 3.74. The third-order valence-electron chi connectivity index (χ3n) is 2.78. The van der Waals surface area contributed by atoms with Crippen LogP contribution in [0.15, 0.2) is 0 Å². The Hall–Kier alpha value is 0.0169. The average molecular weight is 335 g/mol. The van der Waals surface area contributed by atoms with Gasteiger partial charge in [0.05, 0.1) is 52.9 Å². The van der Waals surface area contributed by atoms with E-state index in [1.807, 2.05) is 0 Å². The van der Waals surface area contributed by atoms with Crippen molar-refractivity contribution in [1.29, 1.82) is 0 Å². The Balaban J connectivity index is 2.91. The molecule has 6 heteroatoms. The predicted octanol–water partition coefficient (Wildman–Crippen LogP) is 2.71. The molecule has 0 bridgehead atoms. The monoisotopic (exact) mass is 334 g/mol. The van der Waals surface area contributed by atoms with Crippen molar-refractivity contribution < 1.29 is 23.4 Å². The zero-order chi connectivity index (χ0) is 16.1. The van der Waals surface area contributed by atoms with E-state index in [-0.39, 0.29) is 0 Å². The first kappa shape index (κ1) is 22.0. The van der Waals surface area contributed by atoms with E-state index in [1.54, 1.807) is 0 Å². The maximum absolute atomic E-state index is 5.51. The molecule has 0 aromatic heterocycles. The van der Waals surface area contributed by atoms with Crippen molar-refractivity contribution in [1.82, 2.24) is 0 Å². The van der Waals surface area contributed by atoms with E-state index in [1.165, 1.54) is 25.3 Å². The largest absolute Gasteiger partial charge is 0.415 e. The molecule has 22 heavy (non-hydrogen) atoms. The normalized spacial score (nSPS) is 11.2. The third kappa shape index (κ3) is 20.0. The molecule has 0 aromatic carbocycles. The van der Waals surface area contributed by atoms with Gasteiger partial charge in [0.2, 0.25) is 9.76 Å². The molecule has 0 aliphatic carbocycles. The summed E-state index contributed by atoms with van der Waals surface area (Å²) < 4.78 is 27.0. The molecule has 0 saturated carbocycles. The van der Waals surface area contributed by atoms with Gasteiger partial charge >= 0.3 is 0 Å². The number of ether oxygens (including phenoxy) is 4. The fourth-order valence-corrected chi connectivity index (χ4v) is 2.36. The van der Waals surface area contributed by atoms with Crippen molar-refractivity contribution in [3.05, 3.63) is 0 Å². The van der Waals surface area contributed by atoms with Crippen LogP contribution in [0.25, 0.3) is 0 Å². The highest BCUT2D eigenvalue weighted by molar-refractivity contribution is 6.26. The Morgan fingerprint density at radius 3 is 1.55 bits per heavy atom. The first-order valence-electron chi connectivity index (χ1n) is 8.57. The van der Waals surface area contributed by atoms with Gasteiger partial charge in [0.25, 0.3) is 0 Å². The molecule has 2 radical (unpaired) electrons. The molecule has 0 fully saturated rings. The first-order chi connectivity index (χ1) is 10.9. The van der Waals surface area contributed by atoms with E-state index in [0.717, 1.165) is 13.0 Å². The summed E-state index contributed by atoms with van der Waals surface area (Å²) in [5.74, 6) is 0. The number of unbranched alkanes of at least 4 members (excludes halogenated alkanes) is 2. The van der Waals surface area contributed by atoms with Crippen LogP contribution in [0.3, 0.4) is 0 Å². The summed E-state index contributed by atoms with van der Waals surface area (Å²) in [6, 6.07) is 1.18. The second kappa shape index (κ2) is 21.0. The summed E-state index contributed by atoms with van der Waals surface area (Å²) in [6.45, 7) is 10.2. The van der Waals surface area contributed by atoms with Gasteiger partial charge in [0.15, 0.2) is 0 Å². The van der Waals surface area contributed by atoms with E-state index in [0.29, 0.717) is 62.6 Å². The minimum Gasteiger partial charge on any atom is -0.415 e. The molecule has 0 aromatic rings. The summed E-state index contributed by atoms with van der Waals surface area (Å²) in [7, 11) is 0.615. The van der Waals surface area contributed by atoms with Gasteiger partial charge in [-0.1, -0.05) is 33.1 Å². The van der Waals surface area contributed by atoms with Gasteiger partial charge in [-0.25, -0.2) is 0 Å². The molecular weight excluding hydrogens is 300 g/mol. The summed E-state index contributed by atoms with van der Waals surface area (Å²) in [6.07, 6.45) is 4.90. The van der Waals surface area contributed by atoms with Crippen molar-refractivity contribution in [2.24, 2.45) is 0 Å². The van der Waals surface area contributed by atoms with Crippen LogP contribution in [-0.2, 0) is 23.4 Å². The van der Waals surface area contributed by atoms with Gasteiger partial charge in [-0.15, -0.1) is 0 Å². The van der Waals surface area contributed by atoms with Crippen LogP contribution >= 0.6 is 0 Å². The molecule has 132 valence electrons. The van der Waals surface area contributed by atoms with Gasteiger partial charge in [0.1, 0.15) is 0 Å². The van der Waals surface area contributed by atoms with Gasteiger partial charge in [-0.05, 0) is 12.5 Å². The van der Waals surface area contributed by atoms with Gasteiger partial charge in [-0.2, -0.15) is 0 Å². The van der Waals surface area contributed by atoms with Crippen molar-refractivity contribution in [3.8, 4) is 0 Å². The average Bonchev–Trinajstić information content (AvgIpc) is 2.54. The molecule has 5 nitrogen and oxygen atoms in total. The lowest BCUT2D eigenvalue weighted by molar-refractivity contribution is -0.00443. The Morgan fingerprint density at radius 2 is 1.05 bits per heavy atom. The van der Waals surface area contributed by atoms with Crippen LogP contribution < -0.4 is 0 Å². The van der Waals surface area contributed by atoms with E-state index in [2.05, 4.69) is 13.8 Å². The van der Waals surface area contributed by atoms with Crippen LogP contribution in [0.2, 0.25) is 6.04 Å². The molecule has 0 aliphatic rings. The molecule has 0 rings (SSSR count). The molecule has 0 spiro atoms. The SMILES string of the molecule is CCCCC[Si]OCCOCCOCCOCCOCCC. The lowest BCUT2D eigenvalue weighted by Gasteiger charge is -2.07. The molecule has 0 unspecified atom stereocenters. The topological polar surface area (TPSA) is 46.2 Å². The van der Waals surface area contributed by atoms with Crippen LogP contribution in [0.4, 0.5) is 0 Å². The Bertz CT molecular complexity index is 175. The molecular formula is C16H34O5Si. The number of hydrogen-bond donors (Lipinski definition) is 0. The minimum atomic E-state index is 0.604. The van der Waals surface area contributed by atoms with Crippen molar-refractivity contribution in [3.63, 3.8) is 0 Å². The first-order valence-corrected chi connectivity index (χ1v) is 9.69. The van der Waals surface area contributed by atoms with Crippen LogP contribution in [0.1, 0.15) is 39.5 Å². The highest BCUT2D eigenvalue weighted by Crippen LogP contribution is 1.98. The smallest absolute Gasteiger partial charge is 0.229 e. The second-order valence-electron chi connectivity index (χ2n) is 4.90. The van der Waals surface area contributed by atoms with Crippen LogP contribution in [-0.4, -0.2) is 69.2 Å². The fourth-order valence-electron chi connectivity index (χ4n) is 1.60. The summed E-state index contributed by atoms with van der Waals surface area (Å²) >= 11 is 0. The molecule has 0 atom stereocenters. The van der Waals surface area contributed by atoms with Gasteiger partial charge < -0.3 is 23.4 Å². The van der Waals surface area contributed by atoms with E-state index in [4.69, 9.17) is 23.4 Å². The second-order valence-corrected chi connectivity index (χ2v) is 5.98.